The number of carbonyl (C=O) groups excluding carboxylic acids is 2. The van der Waals surface area contributed by atoms with Crippen LogP contribution in [0.4, 0.5) is 5.69 Å². The molecule has 2 aromatic rings. The molecular formula is C17H15Cl2NO4. The summed E-state index contributed by atoms with van der Waals surface area (Å²) in [6, 6.07) is 11.3. The largest absolute Gasteiger partial charge is 0.492 e. The third-order valence-electron chi connectivity index (χ3n) is 2.89. The number of hydrogen-bond donors (Lipinski definition) is 1. The Bertz CT molecular complexity index is 729. The smallest absolute Gasteiger partial charge is 0.338 e. The highest BCUT2D eigenvalue weighted by Crippen LogP contribution is 2.23. The van der Waals surface area contributed by atoms with Crippen molar-refractivity contribution in [3.05, 3.63) is 58.1 Å². The van der Waals surface area contributed by atoms with E-state index in [1.807, 2.05) is 6.92 Å². The Balaban J connectivity index is 1.95. The summed E-state index contributed by atoms with van der Waals surface area (Å²) in [6.07, 6.45) is 0. The average Bonchev–Trinajstić information content (AvgIpc) is 2.54. The third kappa shape index (κ3) is 5.15. The van der Waals surface area contributed by atoms with Gasteiger partial charge in [0, 0.05) is 10.0 Å². The van der Waals surface area contributed by atoms with Gasteiger partial charge < -0.3 is 14.8 Å². The number of carbonyl (C=O) groups is 2. The van der Waals surface area contributed by atoms with Gasteiger partial charge in [0.2, 0.25) is 0 Å². The zero-order chi connectivity index (χ0) is 17.5. The van der Waals surface area contributed by atoms with Crippen molar-refractivity contribution in [3.63, 3.8) is 0 Å². The minimum atomic E-state index is -0.687. The van der Waals surface area contributed by atoms with Gasteiger partial charge in [-0.25, -0.2) is 4.79 Å². The summed E-state index contributed by atoms with van der Waals surface area (Å²) in [5.41, 5.74) is 0.682. The van der Waals surface area contributed by atoms with Gasteiger partial charge >= 0.3 is 5.97 Å². The second-order valence-electron chi connectivity index (χ2n) is 4.71. The number of para-hydroxylation sites is 2. The number of halogens is 2. The summed E-state index contributed by atoms with van der Waals surface area (Å²) >= 11 is 11.7. The molecule has 1 amide bonds. The molecule has 0 radical (unpaired) electrons. The first-order chi connectivity index (χ1) is 11.5. The Labute approximate surface area is 149 Å². The molecule has 0 aliphatic carbocycles. The maximum atomic E-state index is 11.9. The number of esters is 1. The van der Waals surface area contributed by atoms with Crippen LogP contribution in [-0.2, 0) is 9.53 Å². The van der Waals surface area contributed by atoms with Crippen molar-refractivity contribution in [2.75, 3.05) is 18.5 Å². The second-order valence-corrected chi connectivity index (χ2v) is 5.58. The minimum absolute atomic E-state index is 0.176. The van der Waals surface area contributed by atoms with E-state index in [0.717, 1.165) is 0 Å². The van der Waals surface area contributed by atoms with Crippen molar-refractivity contribution in [2.24, 2.45) is 0 Å². The molecule has 0 aromatic heterocycles. The zero-order valence-corrected chi connectivity index (χ0v) is 14.4. The molecule has 0 atom stereocenters. The fourth-order valence-electron chi connectivity index (χ4n) is 1.92. The summed E-state index contributed by atoms with van der Waals surface area (Å²) in [5, 5.41) is 3.25. The van der Waals surface area contributed by atoms with Crippen LogP contribution in [0.15, 0.2) is 42.5 Å². The number of ether oxygens (including phenoxy) is 2. The predicted molar refractivity (Wildman–Crippen MR) is 93.0 cm³/mol. The van der Waals surface area contributed by atoms with Crippen LogP contribution in [0.2, 0.25) is 10.0 Å². The third-order valence-corrected chi connectivity index (χ3v) is 3.33. The van der Waals surface area contributed by atoms with E-state index in [-0.39, 0.29) is 5.56 Å². The molecule has 24 heavy (non-hydrogen) atoms. The molecule has 1 N–H and O–H groups in total. The fraction of sp³-hybridized carbons (Fsp3) is 0.176. The van der Waals surface area contributed by atoms with Crippen molar-refractivity contribution in [1.29, 1.82) is 0 Å². The number of anilines is 1. The van der Waals surface area contributed by atoms with Gasteiger partial charge in [-0.15, -0.1) is 0 Å². The SMILES string of the molecule is CCOc1ccccc1NC(=O)COC(=O)c1cc(Cl)cc(Cl)c1. The normalized spacial score (nSPS) is 10.1. The summed E-state index contributed by atoms with van der Waals surface area (Å²) in [5.74, 6) is -0.627. The first-order valence-electron chi connectivity index (χ1n) is 7.14. The van der Waals surface area contributed by atoms with Gasteiger partial charge in [0.15, 0.2) is 6.61 Å². The van der Waals surface area contributed by atoms with Crippen LogP contribution >= 0.6 is 23.2 Å². The number of nitrogens with one attached hydrogen (secondary N) is 1. The predicted octanol–water partition coefficient (Wildman–Crippen LogP) is 4.19. The van der Waals surface area contributed by atoms with Gasteiger partial charge in [0.25, 0.3) is 5.91 Å². The first-order valence-corrected chi connectivity index (χ1v) is 7.90. The average molecular weight is 368 g/mol. The number of rotatable bonds is 6. The van der Waals surface area contributed by atoms with E-state index in [0.29, 0.717) is 28.1 Å². The summed E-state index contributed by atoms with van der Waals surface area (Å²) in [4.78, 5) is 23.9. The molecule has 126 valence electrons. The molecule has 2 aromatic carbocycles. The molecule has 0 heterocycles. The van der Waals surface area contributed by atoms with Gasteiger partial charge in [-0.3, -0.25) is 4.79 Å². The maximum Gasteiger partial charge on any atom is 0.338 e. The summed E-state index contributed by atoms with van der Waals surface area (Å²) < 4.78 is 10.4. The van der Waals surface area contributed by atoms with E-state index < -0.39 is 18.5 Å². The summed E-state index contributed by atoms with van der Waals surface area (Å²) in [6.45, 7) is 1.87. The van der Waals surface area contributed by atoms with E-state index >= 15 is 0 Å². The monoisotopic (exact) mass is 367 g/mol. The lowest BCUT2D eigenvalue weighted by molar-refractivity contribution is -0.119. The van der Waals surface area contributed by atoms with Crippen LogP contribution in [-0.4, -0.2) is 25.1 Å². The molecule has 0 fully saturated rings. The molecule has 2 rings (SSSR count). The Hall–Kier alpha value is -2.24. The fourth-order valence-corrected chi connectivity index (χ4v) is 2.45. The van der Waals surface area contributed by atoms with Gasteiger partial charge in [-0.1, -0.05) is 35.3 Å². The molecule has 0 aliphatic heterocycles. The first kappa shape index (κ1) is 18.1. The van der Waals surface area contributed by atoms with Crippen molar-refractivity contribution < 1.29 is 19.1 Å². The minimum Gasteiger partial charge on any atom is -0.492 e. The van der Waals surface area contributed by atoms with Gasteiger partial charge in [0.1, 0.15) is 5.75 Å². The number of amides is 1. The summed E-state index contributed by atoms with van der Waals surface area (Å²) in [7, 11) is 0. The van der Waals surface area contributed by atoms with Crippen molar-refractivity contribution in [1.82, 2.24) is 0 Å². The van der Waals surface area contributed by atoms with Crippen molar-refractivity contribution >= 4 is 40.8 Å². The highest BCUT2D eigenvalue weighted by Gasteiger charge is 2.13. The van der Waals surface area contributed by atoms with E-state index in [1.54, 1.807) is 24.3 Å². The van der Waals surface area contributed by atoms with Crippen molar-refractivity contribution in [2.45, 2.75) is 6.92 Å². The lowest BCUT2D eigenvalue weighted by atomic mass is 10.2. The van der Waals surface area contributed by atoms with Crippen LogP contribution in [0.5, 0.6) is 5.75 Å². The Morgan fingerprint density at radius 2 is 1.75 bits per heavy atom. The quantitative estimate of drug-likeness (QED) is 0.777. The molecule has 5 nitrogen and oxygen atoms in total. The zero-order valence-electron chi connectivity index (χ0n) is 12.8. The molecule has 0 aliphatic rings. The van der Waals surface area contributed by atoms with Crippen LogP contribution in [0.25, 0.3) is 0 Å². The molecule has 0 spiro atoms. The number of hydrogen-bond acceptors (Lipinski definition) is 4. The van der Waals surface area contributed by atoms with Crippen LogP contribution < -0.4 is 10.1 Å². The van der Waals surface area contributed by atoms with E-state index in [9.17, 15) is 9.59 Å². The molecule has 0 saturated carbocycles. The Morgan fingerprint density at radius 1 is 1.08 bits per heavy atom. The molecule has 0 saturated heterocycles. The van der Waals surface area contributed by atoms with Crippen LogP contribution in [0, 0.1) is 0 Å². The molecular weight excluding hydrogens is 353 g/mol. The van der Waals surface area contributed by atoms with Gasteiger partial charge in [0.05, 0.1) is 17.9 Å². The van der Waals surface area contributed by atoms with E-state index in [2.05, 4.69) is 5.32 Å². The van der Waals surface area contributed by atoms with Crippen LogP contribution in [0.3, 0.4) is 0 Å². The number of benzene rings is 2. The van der Waals surface area contributed by atoms with E-state index in [1.165, 1.54) is 18.2 Å². The van der Waals surface area contributed by atoms with Crippen molar-refractivity contribution in [3.8, 4) is 5.75 Å². The highest BCUT2D eigenvalue weighted by atomic mass is 35.5. The maximum absolute atomic E-state index is 11.9. The van der Waals surface area contributed by atoms with Crippen LogP contribution in [0.1, 0.15) is 17.3 Å². The van der Waals surface area contributed by atoms with Gasteiger partial charge in [-0.2, -0.15) is 0 Å². The molecule has 7 heteroatoms. The Morgan fingerprint density at radius 3 is 2.42 bits per heavy atom. The highest BCUT2D eigenvalue weighted by molar-refractivity contribution is 6.35. The lowest BCUT2D eigenvalue weighted by Gasteiger charge is -2.11. The molecule has 0 bridgehead atoms. The standard InChI is InChI=1S/C17H15Cl2NO4/c1-2-23-15-6-4-3-5-14(15)20-16(21)10-24-17(22)11-7-12(18)9-13(19)8-11/h3-9H,2,10H2,1H3,(H,20,21). The van der Waals surface area contributed by atoms with E-state index in [4.69, 9.17) is 32.7 Å². The second kappa shape index (κ2) is 8.57. The lowest BCUT2D eigenvalue weighted by Crippen LogP contribution is -2.21. The Kier molecular flexibility index (Phi) is 6.46. The molecule has 0 unspecified atom stereocenters. The topological polar surface area (TPSA) is 64.6 Å². The van der Waals surface area contributed by atoms with Gasteiger partial charge in [-0.05, 0) is 37.3 Å².